The monoisotopic (exact) mass is 333 g/mol. The third-order valence-corrected chi connectivity index (χ3v) is 5.75. The molecule has 9 heteroatoms. The normalized spacial score (nSPS) is 17.6. The maximum absolute atomic E-state index is 13.6. The van der Waals surface area contributed by atoms with E-state index < -0.39 is 21.7 Å². The van der Waals surface area contributed by atoms with Crippen molar-refractivity contribution in [2.24, 2.45) is 0 Å². The Morgan fingerprint density at radius 3 is 2.48 bits per heavy atom. The Morgan fingerprint density at radius 2 is 1.86 bits per heavy atom. The Balaban J connectivity index is 1.84. The lowest BCUT2D eigenvalue weighted by molar-refractivity contribution is 0.388. The molecule has 0 aliphatic carbocycles. The molecule has 1 aromatic heterocycles. The molecule has 0 bridgehead atoms. The quantitative estimate of drug-likeness (QED) is 0.839. The van der Waals surface area contributed by atoms with Crippen LogP contribution in [0.5, 0.6) is 0 Å². The maximum Gasteiger partial charge on any atom is 0.211 e. The summed E-state index contributed by atoms with van der Waals surface area (Å²) in [5.74, 6) is -1.31. The van der Waals surface area contributed by atoms with Gasteiger partial charge in [0.2, 0.25) is 10.0 Å². The van der Waals surface area contributed by atoms with Crippen LogP contribution >= 0.6 is 11.3 Å². The number of rotatable bonds is 2. The van der Waals surface area contributed by atoms with Gasteiger partial charge in [0.25, 0.3) is 0 Å². The third-order valence-electron chi connectivity index (χ3n) is 3.38. The highest BCUT2D eigenvalue weighted by atomic mass is 32.2. The summed E-state index contributed by atoms with van der Waals surface area (Å²) in [5, 5.41) is 0.586. The van der Waals surface area contributed by atoms with E-state index in [0.717, 1.165) is 6.07 Å². The number of halogens is 2. The summed E-state index contributed by atoms with van der Waals surface area (Å²) in [6.07, 6.45) is 1.18. The molecule has 0 N–H and O–H groups in total. The SMILES string of the molecule is CS(=O)(=O)N1CCN(c2nc3c(F)cc(F)cc3s2)CC1. The van der Waals surface area contributed by atoms with Crippen molar-refractivity contribution >= 4 is 36.7 Å². The molecular formula is C12H13F2N3O2S2. The molecule has 0 atom stereocenters. The highest BCUT2D eigenvalue weighted by Crippen LogP contribution is 2.31. The second kappa shape index (κ2) is 5.15. The van der Waals surface area contributed by atoms with Crippen LogP contribution in [0.25, 0.3) is 10.2 Å². The molecule has 1 fully saturated rings. The first kappa shape index (κ1) is 14.6. The number of sulfonamides is 1. The topological polar surface area (TPSA) is 53.5 Å². The molecule has 1 saturated heterocycles. The minimum atomic E-state index is -3.19. The van der Waals surface area contributed by atoms with Gasteiger partial charge in [-0.3, -0.25) is 0 Å². The number of fused-ring (bicyclic) bond motifs is 1. The zero-order valence-corrected chi connectivity index (χ0v) is 12.8. The summed E-state index contributed by atoms with van der Waals surface area (Å²) in [7, 11) is -3.19. The molecule has 1 aromatic carbocycles. The maximum atomic E-state index is 13.6. The van der Waals surface area contributed by atoms with Gasteiger partial charge < -0.3 is 4.90 Å². The predicted octanol–water partition coefficient (Wildman–Crippen LogP) is 1.66. The van der Waals surface area contributed by atoms with Crippen molar-refractivity contribution in [3.8, 4) is 0 Å². The number of hydrogen-bond donors (Lipinski definition) is 0. The molecule has 0 unspecified atom stereocenters. The van der Waals surface area contributed by atoms with Gasteiger partial charge in [-0.05, 0) is 6.07 Å². The molecule has 1 aliphatic heterocycles. The van der Waals surface area contributed by atoms with Crippen LogP contribution in [0.3, 0.4) is 0 Å². The number of benzene rings is 1. The van der Waals surface area contributed by atoms with Crippen LogP contribution in [-0.4, -0.2) is 50.1 Å². The summed E-state index contributed by atoms with van der Waals surface area (Å²) >= 11 is 1.21. The fourth-order valence-corrected chi connectivity index (χ4v) is 4.18. The smallest absolute Gasteiger partial charge is 0.211 e. The number of hydrogen-bond acceptors (Lipinski definition) is 5. The molecule has 0 saturated carbocycles. The number of anilines is 1. The van der Waals surface area contributed by atoms with Gasteiger partial charge in [0.15, 0.2) is 10.9 Å². The third kappa shape index (κ3) is 2.85. The van der Waals surface area contributed by atoms with Crippen molar-refractivity contribution in [2.75, 3.05) is 37.3 Å². The fourth-order valence-electron chi connectivity index (χ4n) is 2.29. The zero-order valence-electron chi connectivity index (χ0n) is 11.2. The van der Waals surface area contributed by atoms with Gasteiger partial charge in [-0.2, -0.15) is 4.31 Å². The molecule has 1 aliphatic rings. The lowest BCUT2D eigenvalue weighted by Crippen LogP contribution is -2.48. The van der Waals surface area contributed by atoms with E-state index in [1.54, 1.807) is 0 Å². The predicted molar refractivity (Wildman–Crippen MR) is 78.2 cm³/mol. The summed E-state index contributed by atoms with van der Waals surface area (Å²) in [6.45, 7) is 1.70. The Labute approximate surface area is 124 Å². The van der Waals surface area contributed by atoms with E-state index in [4.69, 9.17) is 0 Å². The van der Waals surface area contributed by atoms with Gasteiger partial charge in [-0.25, -0.2) is 22.2 Å². The molecule has 2 heterocycles. The molecule has 21 heavy (non-hydrogen) atoms. The van der Waals surface area contributed by atoms with Crippen LogP contribution in [0.1, 0.15) is 0 Å². The first-order valence-corrected chi connectivity index (χ1v) is 8.97. The lowest BCUT2D eigenvalue weighted by atomic mass is 10.3. The fraction of sp³-hybridized carbons (Fsp3) is 0.417. The van der Waals surface area contributed by atoms with E-state index in [9.17, 15) is 17.2 Å². The average molecular weight is 333 g/mol. The van der Waals surface area contributed by atoms with E-state index in [1.165, 1.54) is 28.0 Å². The summed E-state index contributed by atoms with van der Waals surface area (Å²) in [5.41, 5.74) is 0.155. The van der Waals surface area contributed by atoms with E-state index in [-0.39, 0.29) is 5.52 Å². The summed E-state index contributed by atoms with van der Waals surface area (Å²) in [4.78, 5) is 6.09. The number of piperazine rings is 1. The van der Waals surface area contributed by atoms with Crippen molar-refractivity contribution in [3.05, 3.63) is 23.8 Å². The van der Waals surface area contributed by atoms with Crippen LogP contribution in [0.15, 0.2) is 12.1 Å². The highest BCUT2D eigenvalue weighted by molar-refractivity contribution is 7.88. The Hall–Kier alpha value is -1.32. The molecule has 0 spiro atoms. The molecule has 114 valence electrons. The van der Waals surface area contributed by atoms with Crippen molar-refractivity contribution in [1.82, 2.24) is 9.29 Å². The van der Waals surface area contributed by atoms with Crippen molar-refractivity contribution < 1.29 is 17.2 Å². The molecule has 0 radical (unpaired) electrons. The number of thiazole rings is 1. The number of nitrogens with zero attached hydrogens (tertiary/aromatic N) is 3. The van der Waals surface area contributed by atoms with Gasteiger partial charge >= 0.3 is 0 Å². The van der Waals surface area contributed by atoms with Crippen LogP contribution in [0.2, 0.25) is 0 Å². The van der Waals surface area contributed by atoms with Crippen LogP contribution < -0.4 is 4.90 Å². The average Bonchev–Trinajstić information content (AvgIpc) is 2.82. The van der Waals surface area contributed by atoms with Crippen LogP contribution in [0.4, 0.5) is 13.9 Å². The molecule has 0 amide bonds. The molecule has 5 nitrogen and oxygen atoms in total. The van der Waals surface area contributed by atoms with Gasteiger partial charge in [-0.15, -0.1) is 0 Å². The molecular weight excluding hydrogens is 320 g/mol. The van der Waals surface area contributed by atoms with Gasteiger partial charge in [0.1, 0.15) is 11.3 Å². The summed E-state index contributed by atoms with van der Waals surface area (Å²) < 4.78 is 51.6. The van der Waals surface area contributed by atoms with Crippen LogP contribution in [0, 0.1) is 11.6 Å². The minimum Gasteiger partial charge on any atom is -0.345 e. The first-order chi connectivity index (χ1) is 9.84. The van der Waals surface area contributed by atoms with Crippen molar-refractivity contribution in [1.29, 1.82) is 0 Å². The van der Waals surface area contributed by atoms with Crippen LogP contribution in [-0.2, 0) is 10.0 Å². The van der Waals surface area contributed by atoms with E-state index in [0.29, 0.717) is 36.0 Å². The van der Waals surface area contributed by atoms with E-state index in [2.05, 4.69) is 4.98 Å². The molecule has 2 aromatic rings. The van der Waals surface area contributed by atoms with Gasteiger partial charge in [-0.1, -0.05) is 11.3 Å². The van der Waals surface area contributed by atoms with E-state index >= 15 is 0 Å². The lowest BCUT2D eigenvalue weighted by Gasteiger charge is -2.32. The largest absolute Gasteiger partial charge is 0.345 e. The Kier molecular flexibility index (Phi) is 3.58. The van der Waals surface area contributed by atoms with Crippen molar-refractivity contribution in [2.45, 2.75) is 0 Å². The van der Waals surface area contributed by atoms with Crippen molar-refractivity contribution in [3.63, 3.8) is 0 Å². The van der Waals surface area contributed by atoms with E-state index in [1.807, 2.05) is 4.90 Å². The second-order valence-corrected chi connectivity index (χ2v) is 7.87. The number of aromatic nitrogens is 1. The van der Waals surface area contributed by atoms with Gasteiger partial charge in [0.05, 0.1) is 11.0 Å². The minimum absolute atomic E-state index is 0.155. The zero-order chi connectivity index (χ0) is 15.2. The highest BCUT2D eigenvalue weighted by Gasteiger charge is 2.25. The van der Waals surface area contributed by atoms with Gasteiger partial charge in [0, 0.05) is 32.2 Å². The first-order valence-electron chi connectivity index (χ1n) is 6.30. The Morgan fingerprint density at radius 1 is 1.19 bits per heavy atom. The summed E-state index contributed by atoms with van der Waals surface area (Å²) in [6, 6.07) is 2.07. The Bertz CT molecular complexity index is 783. The standard InChI is InChI=1S/C12H13F2N3O2S2/c1-21(18,19)17-4-2-16(3-5-17)12-15-11-9(14)6-8(13)7-10(11)20-12/h6-7H,2-5H2,1H3. The second-order valence-electron chi connectivity index (χ2n) is 4.88. The molecule has 3 rings (SSSR count).